The first-order valence-electron chi connectivity index (χ1n) is 6.40. The van der Waals surface area contributed by atoms with E-state index in [9.17, 15) is 4.79 Å². The van der Waals surface area contributed by atoms with Crippen LogP contribution in [0.5, 0.6) is 0 Å². The maximum Gasteiger partial charge on any atom is 0.224 e. The SMILES string of the molecule is CCN1CCN(C(=O)CCn2cccc2)CC1. The molecule has 1 aromatic heterocycles. The van der Waals surface area contributed by atoms with Crippen molar-refractivity contribution in [2.45, 2.75) is 19.9 Å². The number of hydrogen-bond acceptors (Lipinski definition) is 2. The first-order chi connectivity index (χ1) is 8.29. The number of likely N-dealkylation sites (N-methyl/N-ethyl adjacent to an activating group) is 1. The second-order valence-electron chi connectivity index (χ2n) is 4.49. The zero-order valence-electron chi connectivity index (χ0n) is 10.5. The van der Waals surface area contributed by atoms with Gasteiger partial charge < -0.3 is 14.4 Å². The fraction of sp³-hybridized carbons (Fsp3) is 0.615. The van der Waals surface area contributed by atoms with Gasteiger partial charge in [0, 0.05) is 51.5 Å². The van der Waals surface area contributed by atoms with Crippen LogP contribution in [0.4, 0.5) is 0 Å². The average Bonchev–Trinajstić information content (AvgIpc) is 2.89. The molecule has 1 saturated heterocycles. The predicted molar refractivity (Wildman–Crippen MR) is 67.7 cm³/mol. The number of aromatic nitrogens is 1. The lowest BCUT2D eigenvalue weighted by atomic mass is 10.2. The van der Waals surface area contributed by atoms with Crippen molar-refractivity contribution in [2.24, 2.45) is 0 Å². The van der Waals surface area contributed by atoms with E-state index in [0.29, 0.717) is 6.42 Å². The van der Waals surface area contributed by atoms with Gasteiger partial charge >= 0.3 is 0 Å². The van der Waals surface area contributed by atoms with E-state index < -0.39 is 0 Å². The summed E-state index contributed by atoms with van der Waals surface area (Å²) < 4.78 is 2.06. The number of rotatable bonds is 4. The largest absolute Gasteiger partial charge is 0.354 e. The van der Waals surface area contributed by atoms with E-state index >= 15 is 0 Å². The Morgan fingerprint density at radius 2 is 1.76 bits per heavy atom. The molecule has 0 radical (unpaired) electrons. The molecule has 0 unspecified atom stereocenters. The third-order valence-corrected chi connectivity index (χ3v) is 3.42. The molecule has 1 aliphatic rings. The van der Waals surface area contributed by atoms with Gasteiger partial charge in [-0.25, -0.2) is 0 Å². The Balaban J connectivity index is 1.73. The van der Waals surface area contributed by atoms with Gasteiger partial charge in [0.1, 0.15) is 0 Å². The summed E-state index contributed by atoms with van der Waals surface area (Å²) in [6, 6.07) is 3.98. The number of hydrogen-bond donors (Lipinski definition) is 0. The predicted octanol–water partition coefficient (Wildman–Crippen LogP) is 1.04. The lowest BCUT2D eigenvalue weighted by Crippen LogP contribution is -2.48. The van der Waals surface area contributed by atoms with Crippen LogP contribution in [0.15, 0.2) is 24.5 Å². The van der Waals surface area contributed by atoms with Crippen LogP contribution in [0.2, 0.25) is 0 Å². The summed E-state index contributed by atoms with van der Waals surface area (Å²) in [6.07, 6.45) is 4.62. The smallest absolute Gasteiger partial charge is 0.224 e. The number of amides is 1. The Bertz CT molecular complexity index is 340. The van der Waals surface area contributed by atoms with Gasteiger partial charge in [0.25, 0.3) is 0 Å². The van der Waals surface area contributed by atoms with Crippen LogP contribution >= 0.6 is 0 Å². The highest BCUT2D eigenvalue weighted by Crippen LogP contribution is 2.04. The lowest BCUT2D eigenvalue weighted by Gasteiger charge is -2.34. The minimum Gasteiger partial charge on any atom is -0.354 e. The quantitative estimate of drug-likeness (QED) is 0.780. The van der Waals surface area contributed by atoms with Crippen LogP contribution in [-0.4, -0.2) is 53.0 Å². The van der Waals surface area contributed by atoms with Gasteiger partial charge in [0.2, 0.25) is 5.91 Å². The Kier molecular flexibility index (Phi) is 4.20. The summed E-state index contributed by atoms with van der Waals surface area (Å²) in [4.78, 5) is 16.4. The van der Waals surface area contributed by atoms with Crippen LogP contribution in [0.1, 0.15) is 13.3 Å². The molecule has 4 heteroatoms. The van der Waals surface area contributed by atoms with Crippen molar-refractivity contribution in [3.05, 3.63) is 24.5 Å². The summed E-state index contributed by atoms with van der Waals surface area (Å²) in [7, 11) is 0. The first kappa shape index (κ1) is 12.2. The monoisotopic (exact) mass is 235 g/mol. The molecule has 0 bridgehead atoms. The zero-order valence-corrected chi connectivity index (χ0v) is 10.5. The second-order valence-corrected chi connectivity index (χ2v) is 4.49. The third-order valence-electron chi connectivity index (χ3n) is 3.42. The van der Waals surface area contributed by atoms with Crippen molar-refractivity contribution in [3.8, 4) is 0 Å². The number of nitrogens with zero attached hydrogens (tertiary/aromatic N) is 3. The molecule has 0 spiro atoms. The van der Waals surface area contributed by atoms with Gasteiger partial charge in [-0.1, -0.05) is 6.92 Å². The summed E-state index contributed by atoms with van der Waals surface area (Å²) in [6.45, 7) is 7.86. The summed E-state index contributed by atoms with van der Waals surface area (Å²) in [5, 5.41) is 0. The molecule has 94 valence electrons. The van der Waals surface area contributed by atoms with E-state index in [1.165, 1.54) is 0 Å². The molecular formula is C13H21N3O. The van der Waals surface area contributed by atoms with E-state index in [-0.39, 0.29) is 5.91 Å². The van der Waals surface area contributed by atoms with E-state index in [0.717, 1.165) is 39.3 Å². The van der Waals surface area contributed by atoms with Gasteiger partial charge in [-0.2, -0.15) is 0 Å². The van der Waals surface area contributed by atoms with Gasteiger partial charge in [0.15, 0.2) is 0 Å². The average molecular weight is 235 g/mol. The molecule has 0 aromatic carbocycles. The van der Waals surface area contributed by atoms with Crippen LogP contribution in [-0.2, 0) is 11.3 Å². The Labute approximate surface area is 103 Å². The Morgan fingerprint density at radius 1 is 1.12 bits per heavy atom. The minimum atomic E-state index is 0.287. The standard InChI is InChI=1S/C13H21N3O/c1-2-14-9-11-16(12-10-14)13(17)5-8-15-6-3-4-7-15/h3-4,6-7H,2,5,8-12H2,1H3. The molecule has 0 saturated carbocycles. The minimum absolute atomic E-state index is 0.287. The van der Waals surface area contributed by atoms with Gasteiger partial charge in [0.05, 0.1) is 0 Å². The molecule has 17 heavy (non-hydrogen) atoms. The van der Waals surface area contributed by atoms with Gasteiger partial charge in [-0.05, 0) is 18.7 Å². The summed E-state index contributed by atoms with van der Waals surface area (Å²) in [5.41, 5.74) is 0. The lowest BCUT2D eigenvalue weighted by molar-refractivity contribution is -0.133. The van der Waals surface area contributed by atoms with Crippen molar-refractivity contribution >= 4 is 5.91 Å². The fourth-order valence-electron chi connectivity index (χ4n) is 2.22. The van der Waals surface area contributed by atoms with Gasteiger partial charge in [-0.3, -0.25) is 4.79 Å². The van der Waals surface area contributed by atoms with Crippen LogP contribution in [0.25, 0.3) is 0 Å². The highest BCUT2D eigenvalue weighted by atomic mass is 16.2. The maximum absolute atomic E-state index is 12.0. The van der Waals surface area contributed by atoms with Crippen molar-refractivity contribution in [3.63, 3.8) is 0 Å². The molecule has 2 rings (SSSR count). The van der Waals surface area contributed by atoms with E-state index in [1.54, 1.807) is 0 Å². The number of aryl methyl sites for hydroxylation is 1. The normalized spacial score (nSPS) is 17.4. The van der Waals surface area contributed by atoms with Crippen LogP contribution in [0.3, 0.4) is 0 Å². The van der Waals surface area contributed by atoms with Crippen molar-refractivity contribution in [1.82, 2.24) is 14.4 Å². The van der Waals surface area contributed by atoms with Crippen molar-refractivity contribution in [2.75, 3.05) is 32.7 Å². The number of carbonyl (C=O) groups is 1. The van der Waals surface area contributed by atoms with Gasteiger partial charge in [-0.15, -0.1) is 0 Å². The molecule has 2 heterocycles. The number of carbonyl (C=O) groups excluding carboxylic acids is 1. The molecule has 0 aliphatic carbocycles. The molecule has 1 amide bonds. The number of piperazine rings is 1. The molecule has 1 fully saturated rings. The summed E-state index contributed by atoms with van der Waals surface area (Å²) in [5.74, 6) is 0.287. The highest BCUT2D eigenvalue weighted by molar-refractivity contribution is 5.76. The molecule has 1 aliphatic heterocycles. The molecule has 0 N–H and O–H groups in total. The second kappa shape index (κ2) is 5.87. The van der Waals surface area contributed by atoms with Crippen LogP contribution in [0, 0.1) is 0 Å². The Morgan fingerprint density at radius 3 is 2.35 bits per heavy atom. The van der Waals surface area contributed by atoms with E-state index in [1.807, 2.05) is 29.4 Å². The molecule has 4 nitrogen and oxygen atoms in total. The highest BCUT2D eigenvalue weighted by Gasteiger charge is 2.19. The molecule has 1 aromatic rings. The topological polar surface area (TPSA) is 28.5 Å². The first-order valence-corrected chi connectivity index (χ1v) is 6.40. The van der Waals surface area contributed by atoms with Crippen molar-refractivity contribution < 1.29 is 4.79 Å². The fourth-order valence-corrected chi connectivity index (χ4v) is 2.22. The zero-order chi connectivity index (χ0) is 12.1. The Hall–Kier alpha value is -1.29. The maximum atomic E-state index is 12.0. The molecular weight excluding hydrogens is 214 g/mol. The van der Waals surface area contributed by atoms with E-state index in [2.05, 4.69) is 16.4 Å². The van der Waals surface area contributed by atoms with Crippen molar-refractivity contribution in [1.29, 1.82) is 0 Å². The third kappa shape index (κ3) is 3.33. The van der Waals surface area contributed by atoms with E-state index in [4.69, 9.17) is 0 Å². The van der Waals surface area contributed by atoms with Crippen LogP contribution < -0.4 is 0 Å². The summed E-state index contributed by atoms with van der Waals surface area (Å²) >= 11 is 0. The molecule has 0 atom stereocenters.